The number of hydrogen-bond donors (Lipinski definition) is 9. The highest BCUT2D eigenvalue weighted by Crippen LogP contribution is 2.06. The quantitative estimate of drug-likeness (QED) is 0.0719. The van der Waals surface area contributed by atoms with E-state index in [-0.39, 0.29) is 25.0 Å². The normalized spacial score (nSPS) is 14.3. The minimum absolute atomic E-state index is 0.104. The van der Waals surface area contributed by atoms with Crippen LogP contribution in [0.5, 0.6) is 0 Å². The highest BCUT2D eigenvalue weighted by atomic mass is 32.1. The van der Waals surface area contributed by atoms with Crippen LogP contribution in [0.4, 0.5) is 0 Å². The van der Waals surface area contributed by atoms with Crippen molar-refractivity contribution in [3.8, 4) is 0 Å². The van der Waals surface area contributed by atoms with Gasteiger partial charge >= 0.3 is 11.9 Å². The van der Waals surface area contributed by atoms with Crippen molar-refractivity contribution in [2.75, 3.05) is 12.3 Å². The molecule has 0 aromatic heterocycles. The Balaban J connectivity index is 5.49. The van der Waals surface area contributed by atoms with Gasteiger partial charge in [0.25, 0.3) is 0 Å². The lowest BCUT2D eigenvalue weighted by Crippen LogP contribution is -2.57. The van der Waals surface area contributed by atoms with E-state index in [1.807, 2.05) is 0 Å². The zero-order valence-corrected chi connectivity index (χ0v) is 18.9. The van der Waals surface area contributed by atoms with Gasteiger partial charge in [-0.25, -0.2) is 4.79 Å². The Morgan fingerprint density at radius 1 is 0.818 bits per heavy atom. The van der Waals surface area contributed by atoms with Gasteiger partial charge in [-0.2, -0.15) is 12.6 Å². The fraction of sp³-hybridized carbons (Fsp3) is 0.667. The molecule has 0 aliphatic heterocycles. The average molecular weight is 493 g/mol. The van der Waals surface area contributed by atoms with Gasteiger partial charge in [0.05, 0.1) is 12.5 Å². The van der Waals surface area contributed by atoms with Crippen LogP contribution in [0.2, 0.25) is 0 Å². The maximum absolute atomic E-state index is 12.8. The first-order chi connectivity index (χ1) is 15.4. The lowest BCUT2D eigenvalue weighted by Gasteiger charge is -2.24. The Morgan fingerprint density at radius 3 is 1.79 bits per heavy atom. The molecule has 4 unspecified atom stereocenters. The number of thiol groups is 1. The summed E-state index contributed by atoms with van der Waals surface area (Å²) in [5.74, 6) is -6.22. The topological polar surface area (TPSA) is 257 Å². The molecule has 0 aliphatic rings. The van der Waals surface area contributed by atoms with E-state index >= 15 is 0 Å². The molecule has 0 aromatic carbocycles. The lowest BCUT2D eigenvalue weighted by atomic mass is 10.0. The van der Waals surface area contributed by atoms with Crippen LogP contribution in [0.3, 0.4) is 0 Å². The largest absolute Gasteiger partial charge is 0.481 e. The van der Waals surface area contributed by atoms with Crippen molar-refractivity contribution in [1.29, 1.82) is 0 Å². The van der Waals surface area contributed by atoms with Gasteiger partial charge in [0, 0.05) is 12.2 Å². The first-order valence-electron chi connectivity index (χ1n) is 10.1. The molecule has 0 fully saturated rings. The molecule has 0 saturated heterocycles. The van der Waals surface area contributed by atoms with E-state index in [0.717, 1.165) is 0 Å². The molecule has 0 heterocycles. The fourth-order valence-corrected chi connectivity index (χ4v) is 2.85. The average Bonchev–Trinajstić information content (AvgIpc) is 2.72. The first kappa shape index (κ1) is 30.1. The Kier molecular flexibility index (Phi) is 14.4. The molecule has 4 amide bonds. The summed E-state index contributed by atoms with van der Waals surface area (Å²) in [4.78, 5) is 70.6. The maximum Gasteiger partial charge on any atom is 0.327 e. The minimum Gasteiger partial charge on any atom is -0.481 e. The Hall–Kier alpha value is -2.91. The number of nitrogens with two attached hydrogens (primary N) is 3. The number of carboxylic acids is 2. The van der Waals surface area contributed by atoms with Crippen molar-refractivity contribution in [2.24, 2.45) is 17.2 Å². The van der Waals surface area contributed by atoms with Crippen LogP contribution in [-0.2, 0) is 28.8 Å². The zero-order valence-electron chi connectivity index (χ0n) is 18.0. The van der Waals surface area contributed by atoms with Crippen molar-refractivity contribution in [1.82, 2.24) is 16.0 Å². The summed E-state index contributed by atoms with van der Waals surface area (Å²) >= 11 is 3.84. The molecule has 0 spiro atoms. The third kappa shape index (κ3) is 12.6. The summed E-state index contributed by atoms with van der Waals surface area (Å²) in [5, 5.41) is 24.8. The van der Waals surface area contributed by atoms with Gasteiger partial charge in [0.2, 0.25) is 23.6 Å². The second-order valence-electron chi connectivity index (χ2n) is 7.20. The van der Waals surface area contributed by atoms with Gasteiger partial charge in [-0.1, -0.05) is 0 Å². The van der Waals surface area contributed by atoms with Crippen LogP contribution in [0, 0.1) is 0 Å². The van der Waals surface area contributed by atoms with Crippen molar-refractivity contribution >= 4 is 48.2 Å². The number of unbranched alkanes of at least 4 members (excludes halogenated alkanes) is 1. The summed E-state index contributed by atoms with van der Waals surface area (Å²) in [6.07, 6.45) is -0.130. The summed E-state index contributed by atoms with van der Waals surface area (Å²) < 4.78 is 0. The number of rotatable bonds is 17. The number of carbonyl (C=O) groups excluding carboxylic acids is 4. The van der Waals surface area contributed by atoms with E-state index in [1.165, 1.54) is 0 Å². The van der Waals surface area contributed by atoms with Crippen molar-refractivity contribution in [3.05, 3.63) is 0 Å². The highest BCUT2D eigenvalue weighted by molar-refractivity contribution is 7.80. The highest BCUT2D eigenvalue weighted by Gasteiger charge is 2.30. The SMILES string of the molecule is NCCCCC(NC(=O)C(N)CC(=O)O)C(=O)NC(CCC(N)=O)C(=O)NC(CS)C(=O)O. The number of carbonyl (C=O) groups is 6. The standard InChI is InChI=1S/C18H32N6O8S/c19-6-2-1-3-10(22-15(28)9(20)7-14(26)27)16(29)23-11(4-5-13(21)25)17(30)24-12(8-33)18(31)32/h9-12,33H,1-8,19-20H2,(H2,21,25)(H,22,28)(H,23,29)(H,24,30)(H,26,27)(H,31,32). The van der Waals surface area contributed by atoms with E-state index in [4.69, 9.17) is 27.4 Å². The molecule has 14 nitrogen and oxygen atoms in total. The predicted octanol–water partition coefficient (Wildman–Crippen LogP) is -3.35. The van der Waals surface area contributed by atoms with Crippen LogP contribution < -0.4 is 33.2 Å². The molecule has 188 valence electrons. The predicted molar refractivity (Wildman–Crippen MR) is 119 cm³/mol. The van der Waals surface area contributed by atoms with Crippen molar-refractivity contribution in [3.63, 3.8) is 0 Å². The van der Waals surface area contributed by atoms with E-state index < -0.39 is 66.2 Å². The summed E-state index contributed by atoms with van der Waals surface area (Å²) in [7, 11) is 0. The third-order valence-electron chi connectivity index (χ3n) is 4.42. The van der Waals surface area contributed by atoms with Crippen molar-refractivity contribution in [2.45, 2.75) is 62.7 Å². The second-order valence-corrected chi connectivity index (χ2v) is 7.56. The third-order valence-corrected chi connectivity index (χ3v) is 4.79. The monoisotopic (exact) mass is 492 g/mol. The molecular weight excluding hydrogens is 460 g/mol. The van der Waals surface area contributed by atoms with Crippen LogP contribution in [-0.4, -0.2) is 82.2 Å². The number of nitrogens with one attached hydrogen (secondary N) is 3. The molecule has 0 radical (unpaired) electrons. The van der Waals surface area contributed by atoms with Crippen LogP contribution in [0.15, 0.2) is 0 Å². The molecule has 0 bridgehead atoms. The van der Waals surface area contributed by atoms with E-state index in [2.05, 4.69) is 28.6 Å². The number of carboxylic acid groups (broad SMARTS) is 2. The lowest BCUT2D eigenvalue weighted by molar-refractivity contribution is -0.141. The molecular formula is C18H32N6O8S. The van der Waals surface area contributed by atoms with Gasteiger partial charge < -0.3 is 43.4 Å². The molecule has 15 heteroatoms. The van der Waals surface area contributed by atoms with Gasteiger partial charge in [-0.05, 0) is 32.2 Å². The number of aliphatic carboxylic acids is 2. The fourth-order valence-electron chi connectivity index (χ4n) is 2.61. The summed E-state index contributed by atoms with van der Waals surface area (Å²) in [5.41, 5.74) is 16.1. The zero-order chi connectivity index (χ0) is 25.6. The molecule has 0 aromatic rings. The molecule has 4 atom stereocenters. The van der Waals surface area contributed by atoms with Gasteiger partial charge in [0.1, 0.15) is 18.1 Å². The van der Waals surface area contributed by atoms with Gasteiger partial charge in [0.15, 0.2) is 0 Å². The number of hydrogen-bond acceptors (Lipinski definition) is 9. The van der Waals surface area contributed by atoms with Crippen LogP contribution in [0.1, 0.15) is 38.5 Å². The summed E-state index contributed by atoms with van der Waals surface area (Å²) in [6, 6.07) is -5.28. The molecule has 33 heavy (non-hydrogen) atoms. The van der Waals surface area contributed by atoms with Gasteiger partial charge in [-0.3, -0.25) is 24.0 Å². The summed E-state index contributed by atoms with van der Waals surface area (Å²) in [6.45, 7) is 0.324. The van der Waals surface area contributed by atoms with E-state index in [0.29, 0.717) is 19.4 Å². The number of amides is 4. The molecule has 0 aliphatic carbocycles. The second kappa shape index (κ2) is 15.8. The van der Waals surface area contributed by atoms with Crippen LogP contribution >= 0.6 is 12.6 Å². The minimum atomic E-state index is -1.41. The Morgan fingerprint density at radius 2 is 1.33 bits per heavy atom. The van der Waals surface area contributed by atoms with Gasteiger partial charge in [-0.15, -0.1) is 0 Å². The van der Waals surface area contributed by atoms with E-state index in [1.54, 1.807) is 0 Å². The number of primary amides is 1. The maximum atomic E-state index is 12.8. The van der Waals surface area contributed by atoms with Crippen LogP contribution in [0.25, 0.3) is 0 Å². The molecule has 11 N–H and O–H groups in total. The Bertz CT molecular complexity index is 722. The molecule has 0 rings (SSSR count). The Labute approximate surface area is 195 Å². The molecule has 0 saturated carbocycles. The smallest absolute Gasteiger partial charge is 0.327 e. The van der Waals surface area contributed by atoms with Crippen molar-refractivity contribution < 1.29 is 39.0 Å². The van der Waals surface area contributed by atoms with E-state index in [9.17, 15) is 28.8 Å². The first-order valence-corrected chi connectivity index (χ1v) is 10.8.